The molecule has 1 aliphatic rings. The van der Waals surface area contributed by atoms with Crippen LogP contribution in [0.25, 0.3) is 10.2 Å². The van der Waals surface area contributed by atoms with Gasteiger partial charge in [0, 0.05) is 0 Å². The first-order valence-electron chi connectivity index (χ1n) is 7.22. The van der Waals surface area contributed by atoms with Gasteiger partial charge in [0.1, 0.15) is 22.7 Å². The van der Waals surface area contributed by atoms with Crippen molar-refractivity contribution in [3.05, 3.63) is 41.5 Å². The summed E-state index contributed by atoms with van der Waals surface area (Å²) in [5.74, 6) is 1.37. The van der Waals surface area contributed by atoms with Crippen molar-refractivity contribution in [2.75, 3.05) is 17.2 Å². The highest BCUT2D eigenvalue weighted by molar-refractivity contribution is 7.16. The van der Waals surface area contributed by atoms with Gasteiger partial charge in [0.05, 0.1) is 17.1 Å². The Hall–Kier alpha value is -2.67. The van der Waals surface area contributed by atoms with Crippen LogP contribution in [0.5, 0.6) is 5.75 Å². The van der Waals surface area contributed by atoms with E-state index >= 15 is 0 Å². The van der Waals surface area contributed by atoms with Gasteiger partial charge in [-0.15, -0.1) is 11.3 Å². The summed E-state index contributed by atoms with van der Waals surface area (Å²) < 4.78 is 5.38. The maximum absolute atomic E-state index is 11.4. The number of nitrogens with zero attached hydrogens (tertiary/aromatic N) is 2. The van der Waals surface area contributed by atoms with Gasteiger partial charge in [0.2, 0.25) is 0 Å². The molecule has 1 aliphatic heterocycles. The summed E-state index contributed by atoms with van der Waals surface area (Å²) in [6.45, 7) is 2.12. The maximum Gasteiger partial charge on any atom is 0.262 e. The average Bonchev–Trinajstić information content (AvgIpc) is 3.03. The van der Waals surface area contributed by atoms with E-state index in [2.05, 4.69) is 20.6 Å². The summed E-state index contributed by atoms with van der Waals surface area (Å²) in [4.78, 5) is 21.0. The minimum atomic E-state index is -0.133. The zero-order valence-corrected chi connectivity index (χ0v) is 13.2. The normalized spacial score (nSPS) is 14.7. The Kier molecular flexibility index (Phi) is 3.34. The molecule has 2 aromatic heterocycles. The van der Waals surface area contributed by atoms with Gasteiger partial charge in [0.15, 0.2) is 6.61 Å². The number of carbonyl (C=O) groups excluding carboxylic acids is 1. The van der Waals surface area contributed by atoms with E-state index in [0.29, 0.717) is 11.4 Å². The topological polar surface area (TPSA) is 76.1 Å². The predicted octanol–water partition coefficient (Wildman–Crippen LogP) is 3.20. The molecule has 0 saturated heterocycles. The molecule has 6 nitrogen and oxygen atoms in total. The van der Waals surface area contributed by atoms with Crippen LogP contribution in [0.15, 0.2) is 36.0 Å². The Morgan fingerprint density at radius 3 is 3.17 bits per heavy atom. The van der Waals surface area contributed by atoms with Crippen LogP contribution in [0.1, 0.15) is 18.5 Å². The predicted molar refractivity (Wildman–Crippen MR) is 90.0 cm³/mol. The highest BCUT2D eigenvalue weighted by Gasteiger charge is 2.18. The second kappa shape index (κ2) is 5.51. The fourth-order valence-corrected chi connectivity index (χ4v) is 3.30. The van der Waals surface area contributed by atoms with Crippen molar-refractivity contribution in [3.63, 3.8) is 0 Å². The molecular formula is C16H14N4O2S. The highest BCUT2D eigenvalue weighted by Crippen LogP contribution is 2.32. The molecule has 1 atom stereocenters. The number of rotatable bonds is 3. The number of ether oxygens (including phenoxy) is 1. The Morgan fingerprint density at radius 1 is 1.35 bits per heavy atom. The number of anilines is 2. The van der Waals surface area contributed by atoms with Crippen LogP contribution >= 0.6 is 11.3 Å². The molecule has 23 heavy (non-hydrogen) atoms. The molecule has 116 valence electrons. The van der Waals surface area contributed by atoms with Crippen LogP contribution in [-0.2, 0) is 4.79 Å². The van der Waals surface area contributed by atoms with E-state index in [9.17, 15) is 4.79 Å². The summed E-state index contributed by atoms with van der Waals surface area (Å²) >= 11 is 1.59. The summed E-state index contributed by atoms with van der Waals surface area (Å²) in [6.07, 6.45) is 1.56. The van der Waals surface area contributed by atoms with Crippen LogP contribution in [0, 0.1) is 0 Å². The number of hydrogen-bond acceptors (Lipinski definition) is 6. The van der Waals surface area contributed by atoms with Crippen molar-refractivity contribution in [3.8, 4) is 5.75 Å². The molecule has 2 N–H and O–H groups in total. The van der Waals surface area contributed by atoms with E-state index < -0.39 is 0 Å². The second-order valence-corrected chi connectivity index (χ2v) is 6.21. The van der Waals surface area contributed by atoms with E-state index in [-0.39, 0.29) is 18.6 Å². The molecule has 0 bridgehead atoms. The molecule has 3 heterocycles. The molecule has 0 saturated carbocycles. The molecule has 4 rings (SSSR count). The number of carbonyl (C=O) groups is 1. The van der Waals surface area contributed by atoms with Gasteiger partial charge in [0.25, 0.3) is 5.91 Å². The third-order valence-corrected chi connectivity index (χ3v) is 4.57. The third-order valence-electron chi connectivity index (χ3n) is 3.75. The third kappa shape index (κ3) is 2.59. The van der Waals surface area contributed by atoms with Crippen molar-refractivity contribution in [2.45, 2.75) is 13.0 Å². The standard InChI is InChI=1S/C16H14N4O2S/c1-9(19-15-11-4-5-23-16(11)18-8-17-15)10-2-3-13-12(6-10)20-14(21)7-22-13/h2-6,8-9H,7H2,1H3,(H,20,21)(H,17,18,19)/t9-/m1/s1. The van der Waals surface area contributed by atoms with Crippen LogP contribution < -0.4 is 15.4 Å². The Morgan fingerprint density at radius 2 is 2.26 bits per heavy atom. The van der Waals surface area contributed by atoms with Gasteiger partial charge in [-0.2, -0.15) is 0 Å². The first-order valence-corrected chi connectivity index (χ1v) is 8.10. The van der Waals surface area contributed by atoms with Crippen molar-refractivity contribution < 1.29 is 9.53 Å². The number of nitrogens with one attached hydrogen (secondary N) is 2. The molecule has 0 spiro atoms. The highest BCUT2D eigenvalue weighted by atomic mass is 32.1. The lowest BCUT2D eigenvalue weighted by atomic mass is 10.1. The number of aromatic nitrogens is 2. The summed E-state index contributed by atoms with van der Waals surface area (Å²) in [6, 6.07) is 7.83. The monoisotopic (exact) mass is 326 g/mol. The second-order valence-electron chi connectivity index (χ2n) is 5.32. The molecule has 7 heteroatoms. The Balaban J connectivity index is 1.62. The SMILES string of the molecule is C[C@@H](Nc1ncnc2sccc12)c1ccc2c(c1)NC(=O)CO2. The molecule has 0 fully saturated rings. The molecule has 0 aliphatic carbocycles. The Bertz CT molecular complexity index is 893. The largest absolute Gasteiger partial charge is 0.482 e. The Labute approximate surface area is 136 Å². The summed E-state index contributed by atoms with van der Waals surface area (Å²) in [5, 5.41) is 9.25. The summed E-state index contributed by atoms with van der Waals surface area (Å²) in [5.41, 5.74) is 1.74. The fraction of sp³-hybridized carbons (Fsp3) is 0.188. The minimum Gasteiger partial charge on any atom is -0.482 e. The number of amides is 1. The lowest BCUT2D eigenvalue weighted by Gasteiger charge is -2.21. The molecule has 3 aromatic rings. The lowest BCUT2D eigenvalue weighted by Crippen LogP contribution is -2.25. The van der Waals surface area contributed by atoms with Gasteiger partial charge < -0.3 is 15.4 Å². The number of thiophene rings is 1. The van der Waals surface area contributed by atoms with Crippen molar-refractivity contribution in [2.24, 2.45) is 0 Å². The zero-order chi connectivity index (χ0) is 15.8. The van der Waals surface area contributed by atoms with Crippen molar-refractivity contribution >= 4 is 39.0 Å². The molecule has 0 radical (unpaired) electrons. The first-order chi connectivity index (χ1) is 11.2. The van der Waals surface area contributed by atoms with Crippen LogP contribution in [-0.4, -0.2) is 22.5 Å². The zero-order valence-electron chi connectivity index (χ0n) is 12.4. The van der Waals surface area contributed by atoms with Gasteiger partial charge in [-0.1, -0.05) is 6.07 Å². The quantitative estimate of drug-likeness (QED) is 0.773. The number of benzene rings is 1. The van der Waals surface area contributed by atoms with E-state index in [1.807, 2.05) is 36.6 Å². The number of hydrogen-bond donors (Lipinski definition) is 2. The van der Waals surface area contributed by atoms with Gasteiger partial charge in [-0.3, -0.25) is 4.79 Å². The van der Waals surface area contributed by atoms with Gasteiger partial charge in [-0.05, 0) is 36.1 Å². The van der Waals surface area contributed by atoms with E-state index in [4.69, 9.17) is 4.74 Å². The van der Waals surface area contributed by atoms with Gasteiger partial charge in [-0.25, -0.2) is 9.97 Å². The average molecular weight is 326 g/mol. The van der Waals surface area contributed by atoms with E-state index in [1.54, 1.807) is 17.7 Å². The van der Waals surface area contributed by atoms with E-state index in [0.717, 1.165) is 21.6 Å². The van der Waals surface area contributed by atoms with Crippen LogP contribution in [0.3, 0.4) is 0 Å². The minimum absolute atomic E-state index is 0.0251. The van der Waals surface area contributed by atoms with Crippen molar-refractivity contribution in [1.29, 1.82) is 0 Å². The smallest absolute Gasteiger partial charge is 0.262 e. The van der Waals surface area contributed by atoms with Crippen LogP contribution in [0.4, 0.5) is 11.5 Å². The maximum atomic E-state index is 11.4. The number of fused-ring (bicyclic) bond motifs is 2. The molecule has 0 unspecified atom stereocenters. The summed E-state index contributed by atoms with van der Waals surface area (Å²) in [7, 11) is 0. The van der Waals surface area contributed by atoms with Crippen molar-refractivity contribution in [1.82, 2.24) is 9.97 Å². The molecule has 1 aromatic carbocycles. The lowest BCUT2D eigenvalue weighted by molar-refractivity contribution is -0.118. The van der Waals surface area contributed by atoms with Crippen LogP contribution in [0.2, 0.25) is 0 Å². The molecule has 1 amide bonds. The van der Waals surface area contributed by atoms with E-state index in [1.165, 1.54) is 0 Å². The first kappa shape index (κ1) is 14.0. The fourth-order valence-electron chi connectivity index (χ4n) is 2.56. The van der Waals surface area contributed by atoms with Gasteiger partial charge >= 0.3 is 0 Å². The molecular weight excluding hydrogens is 312 g/mol.